The summed E-state index contributed by atoms with van der Waals surface area (Å²) in [5.74, 6) is 0.0137. The molecule has 0 aliphatic carbocycles. The van der Waals surface area contributed by atoms with Gasteiger partial charge in [-0.2, -0.15) is 0 Å². The molecule has 1 aromatic rings. The van der Waals surface area contributed by atoms with E-state index in [4.69, 9.17) is 20.8 Å². The summed E-state index contributed by atoms with van der Waals surface area (Å²) in [4.78, 5) is 16.7. The van der Waals surface area contributed by atoms with Crippen LogP contribution in [0.1, 0.15) is 5.56 Å². The van der Waals surface area contributed by atoms with Crippen molar-refractivity contribution in [2.24, 2.45) is 10.9 Å². The first kappa shape index (κ1) is 17.1. The fraction of sp³-hybridized carbons (Fsp3) is 0.385. The number of hydrogen-bond donors (Lipinski definition) is 4. The van der Waals surface area contributed by atoms with Gasteiger partial charge >= 0.3 is 6.09 Å². The van der Waals surface area contributed by atoms with Crippen LogP contribution >= 0.6 is 11.8 Å². The average Bonchev–Trinajstić information content (AvgIpc) is 2.47. The van der Waals surface area contributed by atoms with E-state index in [9.17, 15) is 4.79 Å². The molecule has 0 aliphatic rings. The lowest BCUT2D eigenvalue weighted by Gasteiger charge is -2.16. The van der Waals surface area contributed by atoms with Crippen molar-refractivity contribution >= 4 is 23.7 Å². The largest absolute Gasteiger partial charge is 0.465 e. The molecule has 5 N–H and O–H groups in total. The zero-order chi connectivity index (χ0) is 15.7. The molecule has 1 aromatic carbocycles. The average molecular weight is 313 g/mol. The molecule has 116 valence electrons. The van der Waals surface area contributed by atoms with Crippen molar-refractivity contribution < 1.29 is 19.8 Å². The van der Waals surface area contributed by atoms with Crippen LogP contribution in [0.4, 0.5) is 4.79 Å². The van der Waals surface area contributed by atoms with Crippen LogP contribution in [0.2, 0.25) is 0 Å². The molecule has 0 heterocycles. The van der Waals surface area contributed by atoms with Gasteiger partial charge < -0.3 is 26.1 Å². The number of aliphatic hydroxyl groups excluding tert-OH is 1. The number of nitrogens with zero attached hydrogens (tertiary/aromatic N) is 1. The first-order chi connectivity index (χ1) is 10.1. The molecule has 1 atom stereocenters. The van der Waals surface area contributed by atoms with Crippen LogP contribution in [0.3, 0.4) is 0 Å². The number of rotatable bonds is 8. The molecule has 21 heavy (non-hydrogen) atoms. The molecule has 0 saturated carbocycles. The highest BCUT2D eigenvalue weighted by atomic mass is 32.2. The Hall–Kier alpha value is -1.93. The van der Waals surface area contributed by atoms with E-state index < -0.39 is 12.1 Å². The maximum absolute atomic E-state index is 10.8. The molecule has 0 unspecified atom stereocenters. The summed E-state index contributed by atoms with van der Waals surface area (Å²) in [6, 6.07) is 7.02. The fourth-order valence-corrected chi connectivity index (χ4v) is 2.01. The summed E-state index contributed by atoms with van der Waals surface area (Å²) < 4.78 is 0. The minimum Gasteiger partial charge on any atom is -0.465 e. The van der Waals surface area contributed by atoms with Gasteiger partial charge in [0.2, 0.25) is 0 Å². The van der Waals surface area contributed by atoms with Crippen molar-refractivity contribution in [1.29, 1.82) is 0 Å². The van der Waals surface area contributed by atoms with Crippen LogP contribution in [-0.4, -0.2) is 47.7 Å². The highest BCUT2D eigenvalue weighted by Gasteiger charge is 2.17. The Balaban J connectivity index is 2.76. The van der Waals surface area contributed by atoms with Gasteiger partial charge in [-0.1, -0.05) is 17.3 Å². The fourth-order valence-electron chi connectivity index (χ4n) is 1.60. The Bertz CT molecular complexity index is 479. The van der Waals surface area contributed by atoms with Crippen molar-refractivity contribution in [1.82, 2.24) is 5.32 Å². The predicted octanol–water partition coefficient (Wildman–Crippen LogP) is 0.868. The minimum absolute atomic E-state index is 0.00289. The Morgan fingerprint density at radius 2 is 2.14 bits per heavy atom. The second kappa shape index (κ2) is 9.09. The van der Waals surface area contributed by atoms with E-state index in [-0.39, 0.29) is 19.0 Å². The zero-order valence-corrected chi connectivity index (χ0v) is 12.5. The summed E-state index contributed by atoms with van der Waals surface area (Å²) in [7, 11) is 0. The SMILES string of the molecule is CSc1ccc(C[C@H](NC(=O)O)/C(N)=N/OCCO)cc1. The normalized spacial score (nSPS) is 12.8. The van der Waals surface area contributed by atoms with Gasteiger partial charge in [-0.3, -0.25) is 0 Å². The van der Waals surface area contributed by atoms with E-state index in [0.29, 0.717) is 6.42 Å². The highest BCUT2D eigenvalue weighted by Crippen LogP contribution is 2.15. The smallest absolute Gasteiger partial charge is 0.405 e. The van der Waals surface area contributed by atoms with Gasteiger partial charge in [0.15, 0.2) is 5.84 Å². The van der Waals surface area contributed by atoms with Gasteiger partial charge in [0.05, 0.1) is 12.6 Å². The quantitative estimate of drug-likeness (QED) is 0.186. The maximum Gasteiger partial charge on any atom is 0.405 e. The lowest BCUT2D eigenvalue weighted by molar-refractivity contribution is 0.0974. The summed E-state index contributed by atoms with van der Waals surface area (Å²) in [6.45, 7) is -0.188. The molecule has 0 aromatic heterocycles. The number of aliphatic hydroxyl groups is 1. The topological polar surface area (TPSA) is 117 Å². The molecule has 0 bridgehead atoms. The van der Waals surface area contributed by atoms with Gasteiger partial charge in [-0.15, -0.1) is 11.8 Å². The van der Waals surface area contributed by atoms with Crippen LogP contribution in [0, 0.1) is 0 Å². The summed E-state index contributed by atoms with van der Waals surface area (Å²) in [5, 5.41) is 23.4. The van der Waals surface area contributed by atoms with Crippen molar-refractivity contribution in [3.63, 3.8) is 0 Å². The van der Waals surface area contributed by atoms with E-state index in [1.807, 2.05) is 30.5 Å². The number of nitrogens with one attached hydrogen (secondary N) is 1. The number of nitrogens with two attached hydrogens (primary N) is 1. The molecule has 0 fully saturated rings. The third kappa shape index (κ3) is 6.37. The molecule has 0 aliphatic heterocycles. The molecular weight excluding hydrogens is 294 g/mol. The molecule has 8 heteroatoms. The van der Waals surface area contributed by atoms with E-state index >= 15 is 0 Å². The van der Waals surface area contributed by atoms with E-state index in [2.05, 4.69) is 10.5 Å². The maximum atomic E-state index is 10.8. The number of amides is 1. The summed E-state index contributed by atoms with van der Waals surface area (Å²) in [5.41, 5.74) is 6.65. The first-order valence-corrected chi connectivity index (χ1v) is 7.48. The number of benzene rings is 1. The van der Waals surface area contributed by atoms with Crippen LogP contribution in [0.5, 0.6) is 0 Å². The summed E-state index contributed by atoms with van der Waals surface area (Å²) in [6.07, 6.45) is 1.15. The van der Waals surface area contributed by atoms with E-state index in [0.717, 1.165) is 10.5 Å². The molecule has 7 nitrogen and oxygen atoms in total. The number of hydrogen-bond acceptors (Lipinski definition) is 5. The number of oxime groups is 1. The molecule has 0 saturated heterocycles. The lowest BCUT2D eigenvalue weighted by atomic mass is 10.1. The zero-order valence-electron chi connectivity index (χ0n) is 11.7. The minimum atomic E-state index is -1.19. The van der Waals surface area contributed by atoms with Gasteiger partial charge in [-0.25, -0.2) is 4.79 Å². The van der Waals surface area contributed by atoms with Crippen LogP contribution < -0.4 is 11.1 Å². The van der Waals surface area contributed by atoms with Gasteiger partial charge in [0.1, 0.15) is 6.61 Å². The predicted molar refractivity (Wildman–Crippen MR) is 81.5 cm³/mol. The standard InChI is InChI=1S/C13H19N3O4S/c1-21-10-4-2-9(3-5-10)8-11(15-13(18)19)12(14)16-20-7-6-17/h2-5,11,15,17H,6-8H2,1H3,(H2,14,16)(H,18,19)/t11-/m0/s1. The van der Waals surface area contributed by atoms with Gasteiger partial charge in [0, 0.05) is 11.3 Å². The number of carboxylic acid groups (broad SMARTS) is 1. The third-order valence-electron chi connectivity index (χ3n) is 2.61. The van der Waals surface area contributed by atoms with Crippen molar-refractivity contribution in [2.45, 2.75) is 17.4 Å². The van der Waals surface area contributed by atoms with Crippen LogP contribution in [-0.2, 0) is 11.3 Å². The van der Waals surface area contributed by atoms with Crippen molar-refractivity contribution in [3.8, 4) is 0 Å². The highest BCUT2D eigenvalue weighted by molar-refractivity contribution is 7.98. The van der Waals surface area contributed by atoms with Crippen LogP contribution in [0.15, 0.2) is 34.3 Å². The van der Waals surface area contributed by atoms with E-state index in [1.54, 1.807) is 11.8 Å². The number of thioether (sulfide) groups is 1. The second-order valence-corrected chi connectivity index (χ2v) is 5.01. The molecule has 1 rings (SSSR count). The number of carbonyl (C=O) groups is 1. The van der Waals surface area contributed by atoms with Crippen molar-refractivity contribution in [2.75, 3.05) is 19.5 Å². The molecular formula is C13H19N3O4S. The Kier molecular flexibility index (Phi) is 7.41. The second-order valence-electron chi connectivity index (χ2n) is 4.13. The lowest BCUT2D eigenvalue weighted by Crippen LogP contribution is -2.45. The first-order valence-electron chi connectivity index (χ1n) is 6.25. The Morgan fingerprint density at radius 1 is 1.48 bits per heavy atom. The van der Waals surface area contributed by atoms with Crippen LogP contribution in [0.25, 0.3) is 0 Å². The van der Waals surface area contributed by atoms with Crippen molar-refractivity contribution in [3.05, 3.63) is 29.8 Å². The van der Waals surface area contributed by atoms with Gasteiger partial charge in [0.25, 0.3) is 0 Å². The Morgan fingerprint density at radius 3 is 2.67 bits per heavy atom. The van der Waals surface area contributed by atoms with Gasteiger partial charge in [-0.05, 0) is 24.0 Å². The molecule has 0 radical (unpaired) electrons. The number of amidine groups is 1. The molecule has 1 amide bonds. The Labute approximate surface area is 127 Å². The van der Waals surface area contributed by atoms with E-state index in [1.165, 1.54) is 0 Å². The third-order valence-corrected chi connectivity index (χ3v) is 3.35. The summed E-state index contributed by atoms with van der Waals surface area (Å²) >= 11 is 1.63. The molecule has 0 spiro atoms. The monoisotopic (exact) mass is 313 g/mol.